The largest absolute Gasteiger partial charge is 0.495 e. The van der Waals surface area contributed by atoms with Gasteiger partial charge in [0.15, 0.2) is 5.78 Å². The molecule has 0 aromatic heterocycles. The van der Waals surface area contributed by atoms with Crippen molar-refractivity contribution < 1.29 is 14.3 Å². The maximum absolute atomic E-state index is 11.7. The summed E-state index contributed by atoms with van der Waals surface area (Å²) in [5.41, 5.74) is 0.553. The van der Waals surface area contributed by atoms with E-state index in [4.69, 9.17) is 21.1 Å². The van der Waals surface area contributed by atoms with E-state index in [9.17, 15) is 4.79 Å². The van der Waals surface area contributed by atoms with Crippen LogP contribution in [0.5, 0.6) is 5.75 Å². The average molecular weight is 243 g/mol. The fourth-order valence-corrected chi connectivity index (χ4v) is 1.42. The number of hydrogen-bond donors (Lipinski definition) is 0. The second-order valence-electron chi connectivity index (χ2n) is 3.33. The number of halogens is 1. The molecule has 0 saturated heterocycles. The van der Waals surface area contributed by atoms with Gasteiger partial charge >= 0.3 is 0 Å². The number of Topliss-reactive ketones (excluding diaryl/α,β-unsaturated/α-hetero) is 1. The summed E-state index contributed by atoms with van der Waals surface area (Å²) in [6.07, 6.45) is 0.900. The Morgan fingerprint density at radius 2 is 2.19 bits per heavy atom. The van der Waals surface area contributed by atoms with Crippen LogP contribution in [0.3, 0.4) is 0 Å². The van der Waals surface area contributed by atoms with Crippen molar-refractivity contribution in [1.29, 1.82) is 0 Å². The SMILES string of the molecule is CCCOCC(=O)c1ccc(Cl)c(OC)c1. The highest BCUT2D eigenvalue weighted by Crippen LogP contribution is 2.25. The second kappa shape index (κ2) is 6.51. The molecule has 0 amide bonds. The molecular formula is C12H15ClO3. The third kappa shape index (κ3) is 3.51. The van der Waals surface area contributed by atoms with Crippen molar-refractivity contribution in [3.05, 3.63) is 28.8 Å². The van der Waals surface area contributed by atoms with Crippen LogP contribution in [0.25, 0.3) is 0 Å². The van der Waals surface area contributed by atoms with E-state index in [1.54, 1.807) is 18.2 Å². The zero-order chi connectivity index (χ0) is 12.0. The highest BCUT2D eigenvalue weighted by molar-refractivity contribution is 6.32. The summed E-state index contributed by atoms with van der Waals surface area (Å²) in [5, 5.41) is 0.494. The fraction of sp³-hybridized carbons (Fsp3) is 0.417. The third-order valence-corrected chi connectivity index (χ3v) is 2.37. The minimum absolute atomic E-state index is 0.0663. The van der Waals surface area contributed by atoms with E-state index in [-0.39, 0.29) is 12.4 Å². The lowest BCUT2D eigenvalue weighted by Gasteiger charge is -2.06. The molecule has 1 aromatic carbocycles. The molecule has 0 unspecified atom stereocenters. The van der Waals surface area contributed by atoms with Crippen molar-refractivity contribution in [2.24, 2.45) is 0 Å². The Balaban J connectivity index is 2.68. The van der Waals surface area contributed by atoms with E-state index in [0.29, 0.717) is 22.9 Å². The van der Waals surface area contributed by atoms with Crippen LogP contribution in [0, 0.1) is 0 Å². The van der Waals surface area contributed by atoms with E-state index >= 15 is 0 Å². The molecule has 3 nitrogen and oxygen atoms in total. The van der Waals surface area contributed by atoms with Crippen LogP contribution in [0.2, 0.25) is 5.02 Å². The van der Waals surface area contributed by atoms with Gasteiger partial charge in [-0.15, -0.1) is 0 Å². The standard InChI is InChI=1S/C12H15ClO3/c1-3-6-16-8-11(14)9-4-5-10(13)12(7-9)15-2/h4-5,7H,3,6,8H2,1-2H3. The van der Waals surface area contributed by atoms with Gasteiger partial charge in [-0.25, -0.2) is 0 Å². The molecule has 16 heavy (non-hydrogen) atoms. The number of ether oxygens (including phenoxy) is 2. The normalized spacial score (nSPS) is 10.2. The summed E-state index contributed by atoms with van der Waals surface area (Å²) >= 11 is 5.86. The molecule has 4 heteroatoms. The van der Waals surface area contributed by atoms with E-state index in [2.05, 4.69) is 0 Å². The summed E-state index contributed by atoms with van der Waals surface area (Å²) in [4.78, 5) is 11.7. The van der Waals surface area contributed by atoms with Crippen LogP contribution in [0.4, 0.5) is 0 Å². The van der Waals surface area contributed by atoms with Crippen molar-refractivity contribution in [2.75, 3.05) is 20.3 Å². The number of hydrogen-bond acceptors (Lipinski definition) is 3. The number of benzene rings is 1. The first-order valence-corrected chi connectivity index (χ1v) is 5.51. The summed E-state index contributed by atoms with van der Waals surface area (Å²) in [6, 6.07) is 4.94. The Morgan fingerprint density at radius 1 is 1.44 bits per heavy atom. The summed E-state index contributed by atoms with van der Waals surface area (Å²) in [5.74, 6) is 0.437. The molecule has 0 radical (unpaired) electrons. The Kier molecular flexibility index (Phi) is 5.29. The minimum atomic E-state index is -0.0663. The quantitative estimate of drug-likeness (QED) is 0.568. The van der Waals surface area contributed by atoms with E-state index in [1.165, 1.54) is 7.11 Å². The number of carbonyl (C=O) groups excluding carboxylic acids is 1. The van der Waals surface area contributed by atoms with E-state index < -0.39 is 0 Å². The molecule has 0 aliphatic heterocycles. The molecule has 0 atom stereocenters. The van der Waals surface area contributed by atoms with Gasteiger partial charge in [-0.3, -0.25) is 4.79 Å². The third-order valence-electron chi connectivity index (χ3n) is 2.05. The predicted octanol–water partition coefficient (Wildman–Crippen LogP) is 2.96. The second-order valence-corrected chi connectivity index (χ2v) is 3.73. The van der Waals surface area contributed by atoms with Crippen LogP contribution in [0.1, 0.15) is 23.7 Å². The lowest BCUT2D eigenvalue weighted by Crippen LogP contribution is -2.09. The van der Waals surface area contributed by atoms with Gasteiger partial charge in [0.1, 0.15) is 12.4 Å². The molecule has 0 fully saturated rings. The Bertz CT molecular complexity index is 363. The van der Waals surface area contributed by atoms with Crippen LogP contribution >= 0.6 is 11.6 Å². The minimum Gasteiger partial charge on any atom is -0.495 e. The molecule has 88 valence electrons. The molecule has 1 rings (SSSR count). The molecule has 0 aliphatic rings. The van der Waals surface area contributed by atoms with Gasteiger partial charge in [0, 0.05) is 12.2 Å². The highest BCUT2D eigenvalue weighted by atomic mass is 35.5. The Hall–Kier alpha value is -1.06. The lowest BCUT2D eigenvalue weighted by atomic mass is 10.1. The zero-order valence-electron chi connectivity index (χ0n) is 9.46. The summed E-state index contributed by atoms with van der Waals surface area (Å²) < 4.78 is 10.2. The van der Waals surface area contributed by atoms with Gasteiger partial charge in [0.05, 0.1) is 12.1 Å². The maximum Gasteiger partial charge on any atom is 0.188 e. The molecule has 0 N–H and O–H groups in total. The molecule has 0 aliphatic carbocycles. The zero-order valence-corrected chi connectivity index (χ0v) is 10.2. The molecule has 0 saturated carbocycles. The average Bonchev–Trinajstić information content (AvgIpc) is 2.30. The smallest absolute Gasteiger partial charge is 0.188 e. The Labute approximate surface area is 100 Å². The first-order chi connectivity index (χ1) is 7.69. The predicted molar refractivity (Wildman–Crippen MR) is 63.4 cm³/mol. The topological polar surface area (TPSA) is 35.5 Å². The van der Waals surface area contributed by atoms with Crippen LogP contribution in [-0.4, -0.2) is 26.1 Å². The number of carbonyl (C=O) groups is 1. The monoisotopic (exact) mass is 242 g/mol. The van der Waals surface area contributed by atoms with Crippen LogP contribution in [-0.2, 0) is 4.74 Å². The van der Waals surface area contributed by atoms with Gasteiger partial charge < -0.3 is 9.47 Å². The van der Waals surface area contributed by atoms with Crippen molar-refractivity contribution in [3.8, 4) is 5.75 Å². The summed E-state index contributed by atoms with van der Waals surface area (Å²) in [6.45, 7) is 2.69. The van der Waals surface area contributed by atoms with Crippen molar-refractivity contribution in [3.63, 3.8) is 0 Å². The first kappa shape index (κ1) is 13.0. The van der Waals surface area contributed by atoms with Crippen LogP contribution in [0.15, 0.2) is 18.2 Å². The molecule has 1 aromatic rings. The van der Waals surface area contributed by atoms with Crippen molar-refractivity contribution in [2.45, 2.75) is 13.3 Å². The van der Waals surface area contributed by atoms with Gasteiger partial charge in [-0.05, 0) is 24.6 Å². The fourth-order valence-electron chi connectivity index (χ4n) is 1.23. The van der Waals surface area contributed by atoms with Crippen molar-refractivity contribution >= 4 is 17.4 Å². The molecular weight excluding hydrogens is 228 g/mol. The first-order valence-electron chi connectivity index (χ1n) is 5.13. The highest BCUT2D eigenvalue weighted by Gasteiger charge is 2.09. The Morgan fingerprint density at radius 3 is 2.81 bits per heavy atom. The molecule has 0 bridgehead atoms. The van der Waals surface area contributed by atoms with E-state index in [0.717, 1.165) is 6.42 Å². The van der Waals surface area contributed by atoms with Crippen molar-refractivity contribution in [1.82, 2.24) is 0 Å². The van der Waals surface area contributed by atoms with Gasteiger partial charge in [-0.2, -0.15) is 0 Å². The maximum atomic E-state index is 11.7. The van der Waals surface area contributed by atoms with E-state index in [1.807, 2.05) is 6.92 Å². The van der Waals surface area contributed by atoms with Gasteiger partial charge in [-0.1, -0.05) is 18.5 Å². The molecule has 0 heterocycles. The lowest BCUT2D eigenvalue weighted by molar-refractivity contribution is 0.0761. The number of ketones is 1. The van der Waals surface area contributed by atoms with Gasteiger partial charge in [0.2, 0.25) is 0 Å². The van der Waals surface area contributed by atoms with Crippen LogP contribution < -0.4 is 4.74 Å². The molecule has 0 spiro atoms. The number of rotatable bonds is 6. The number of methoxy groups -OCH3 is 1. The summed E-state index contributed by atoms with van der Waals surface area (Å²) in [7, 11) is 1.52. The van der Waals surface area contributed by atoms with Gasteiger partial charge in [0.25, 0.3) is 0 Å².